The van der Waals surface area contributed by atoms with Gasteiger partial charge in [-0.2, -0.15) is 14.0 Å². The van der Waals surface area contributed by atoms with Crippen molar-refractivity contribution in [1.82, 2.24) is 15.1 Å². The predicted octanol–water partition coefficient (Wildman–Crippen LogP) is 4.19. The molecule has 2 aromatic carbocycles. The van der Waals surface area contributed by atoms with Crippen LogP contribution in [0.4, 0.5) is 24.7 Å². The smallest absolute Gasteiger partial charge is 0.387 e. The van der Waals surface area contributed by atoms with Crippen LogP contribution >= 0.6 is 0 Å². The first-order chi connectivity index (χ1) is 19.7. The number of halogens is 3. The molecule has 2 aliphatic rings. The van der Waals surface area contributed by atoms with Gasteiger partial charge in [-0.05, 0) is 62.5 Å². The van der Waals surface area contributed by atoms with Gasteiger partial charge in [0.05, 0.1) is 22.8 Å². The van der Waals surface area contributed by atoms with E-state index in [0.29, 0.717) is 35.2 Å². The maximum Gasteiger partial charge on any atom is 0.387 e. The Morgan fingerprint density at radius 2 is 1.93 bits per heavy atom. The molecular weight excluding hydrogens is 557 g/mol. The van der Waals surface area contributed by atoms with Gasteiger partial charge in [0.2, 0.25) is 0 Å². The summed E-state index contributed by atoms with van der Waals surface area (Å²) < 4.78 is 71.9. The third-order valence-electron chi connectivity index (χ3n) is 7.46. The van der Waals surface area contributed by atoms with Gasteiger partial charge in [-0.3, -0.25) is 0 Å². The van der Waals surface area contributed by atoms with Crippen molar-refractivity contribution in [3.8, 4) is 28.8 Å². The summed E-state index contributed by atoms with van der Waals surface area (Å²) >= 11 is 0. The maximum atomic E-state index is 14.6. The van der Waals surface area contributed by atoms with E-state index < -0.39 is 22.3 Å². The van der Waals surface area contributed by atoms with Crippen molar-refractivity contribution in [2.45, 2.75) is 25.9 Å². The number of rotatable bonds is 8. The zero-order valence-electron chi connectivity index (χ0n) is 22.3. The van der Waals surface area contributed by atoms with Crippen LogP contribution in [-0.4, -0.2) is 69.0 Å². The van der Waals surface area contributed by atoms with Crippen LogP contribution in [0.25, 0.3) is 16.9 Å². The molecule has 2 N–H and O–H groups in total. The van der Waals surface area contributed by atoms with E-state index in [9.17, 15) is 21.6 Å². The van der Waals surface area contributed by atoms with Crippen LogP contribution in [0.15, 0.2) is 42.5 Å². The second kappa shape index (κ2) is 12.4. The Kier molecular flexibility index (Phi) is 8.70. The highest BCUT2D eigenvalue weighted by molar-refractivity contribution is 7.91. The fraction of sp³-hybridized carbons (Fsp3) is 0.429. The largest absolute Gasteiger partial charge is 0.432 e. The van der Waals surface area contributed by atoms with Crippen LogP contribution in [0.3, 0.4) is 0 Å². The average Bonchev–Trinajstić information content (AvgIpc) is 3.18. The van der Waals surface area contributed by atoms with E-state index in [1.54, 1.807) is 35.2 Å². The first-order valence-corrected chi connectivity index (χ1v) is 15.3. The van der Waals surface area contributed by atoms with Crippen molar-refractivity contribution in [2.75, 3.05) is 54.4 Å². The summed E-state index contributed by atoms with van der Waals surface area (Å²) in [4.78, 5) is 1.80. The molecule has 3 aromatic rings. The first-order valence-electron chi connectivity index (χ1n) is 13.5. The zero-order chi connectivity index (χ0) is 29.0. The molecule has 0 saturated carbocycles. The van der Waals surface area contributed by atoms with Gasteiger partial charge in [0.25, 0.3) is 0 Å². The molecule has 2 saturated heterocycles. The number of hydrogen-bond donors (Lipinski definition) is 2. The van der Waals surface area contributed by atoms with Crippen molar-refractivity contribution >= 4 is 21.3 Å². The number of ether oxygens (including phenoxy) is 1. The van der Waals surface area contributed by atoms with Crippen LogP contribution < -0.4 is 20.3 Å². The molecule has 0 radical (unpaired) electrons. The van der Waals surface area contributed by atoms with E-state index in [2.05, 4.69) is 15.7 Å². The summed E-state index contributed by atoms with van der Waals surface area (Å²) in [6, 6.07) is 12.4. The molecule has 9 nitrogen and oxygen atoms in total. The van der Waals surface area contributed by atoms with Crippen molar-refractivity contribution in [3.63, 3.8) is 0 Å². The van der Waals surface area contributed by atoms with Crippen molar-refractivity contribution in [1.29, 1.82) is 5.26 Å². The summed E-state index contributed by atoms with van der Waals surface area (Å²) in [5.41, 5.74) is 1.43. The Hall–Kier alpha value is -3.76. The number of nitrogens with zero attached hydrogens (tertiary/aromatic N) is 4. The quantitative estimate of drug-likeness (QED) is 0.403. The normalized spacial score (nSPS) is 19.0. The minimum atomic E-state index is -3.13. The van der Waals surface area contributed by atoms with Crippen molar-refractivity contribution in [2.24, 2.45) is 5.92 Å². The molecule has 13 heteroatoms. The molecule has 0 unspecified atom stereocenters. The molecule has 0 spiro atoms. The third-order valence-corrected chi connectivity index (χ3v) is 9.07. The van der Waals surface area contributed by atoms with Crippen LogP contribution in [0.2, 0.25) is 0 Å². The number of sulfone groups is 1. The minimum absolute atomic E-state index is 0.0283. The summed E-state index contributed by atoms with van der Waals surface area (Å²) in [6.07, 6.45) is 3.13. The number of aromatic nitrogens is 2. The van der Waals surface area contributed by atoms with E-state index in [4.69, 9.17) is 10.00 Å². The number of alkyl halides is 2. The Bertz CT molecular complexity index is 1520. The molecule has 0 amide bonds. The molecule has 3 heterocycles. The lowest BCUT2D eigenvalue weighted by molar-refractivity contribution is -0.0498. The maximum absolute atomic E-state index is 14.6. The molecular formula is C28H31F3N6O3S. The van der Waals surface area contributed by atoms with Crippen LogP contribution in [0.5, 0.6) is 5.75 Å². The summed E-state index contributed by atoms with van der Waals surface area (Å²) in [7, 11) is -3.13. The lowest BCUT2D eigenvalue weighted by Gasteiger charge is -2.29. The van der Waals surface area contributed by atoms with E-state index >= 15 is 0 Å². The van der Waals surface area contributed by atoms with Gasteiger partial charge in [-0.1, -0.05) is 6.07 Å². The molecule has 2 fully saturated rings. The van der Waals surface area contributed by atoms with Gasteiger partial charge in [-0.25, -0.2) is 17.5 Å². The number of benzene rings is 2. The molecule has 0 aliphatic carbocycles. The molecule has 5 rings (SSSR count). The Balaban J connectivity index is 1.53. The molecule has 218 valence electrons. The van der Waals surface area contributed by atoms with Gasteiger partial charge in [-0.15, -0.1) is 5.10 Å². The highest BCUT2D eigenvalue weighted by Crippen LogP contribution is 2.35. The fourth-order valence-corrected chi connectivity index (χ4v) is 6.40. The van der Waals surface area contributed by atoms with Crippen molar-refractivity contribution < 1.29 is 26.3 Å². The van der Waals surface area contributed by atoms with Gasteiger partial charge in [0, 0.05) is 43.0 Å². The van der Waals surface area contributed by atoms with E-state index in [1.165, 1.54) is 22.9 Å². The SMILES string of the molecule is N#Cc1ccc(-c2cc(NC[C@@H]3CCCNCC3)nn2-c2ccc(N3CCS(=O)(=O)CC3)cc2OC(F)F)cc1F. The second-order valence-electron chi connectivity index (χ2n) is 10.2. The molecule has 1 aromatic heterocycles. The minimum Gasteiger partial charge on any atom is -0.432 e. The highest BCUT2D eigenvalue weighted by atomic mass is 32.2. The predicted molar refractivity (Wildman–Crippen MR) is 150 cm³/mol. The topological polar surface area (TPSA) is 112 Å². The Labute approximate surface area is 236 Å². The fourth-order valence-electron chi connectivity index (χ4n) is 5.20. The van der Waals surface area contributed by atoms with Gasteiger partial charge >= 0.3 is 6.61 Å². The van der Waals surface area contributed by atoms with Crippen LogP contribution in [0.1, 0.15) is 24.8 Å². The van der Waals surface area contributed by atoms with E-state index in [0.717, 1.165) is 32.4 Å². The summed E-state index contributed by atoms with van der Waals surface area (Å²) in [5, 5.41) is 20.6. The summed E-state index contributed by atoms with van der Waals surface area (Å²) in [6.45, 7) is -0.0816. The molecule has 0 bridgehead atoms. The van der Waals surface area contributed by atoms with Gasteiger partial charge in [0.1, 0.15) is 23.4 Å². The number of hydrogen-bond acceptors (Lipinski definition) is 8. The summed E-state index contributed by atoms with van der Waals surface area (Å²) in [5.74, 6) is -0.0196. The molecule has 41 heavy (non-hydrogen) atoms. The Morgan fingerprint density at radius 3 is 2.66 bits per heavy atom. The Morgan fingerprint density at radius 1 is 1.12 bits per heavy atom. The average molecular weight is 589 g/mol. The number of nitrogens with one attached hydrogen (secondary N) is 2. The van der Waals surface area contributed by atoms with Crippen LogP contribution in [-0.2, 0) is 9.84 Å². The second-order valence-corrected chi connectivity index (χ2v) is 12.5. The number of anilines is 2. The number of nitriles is 1. The van der Waals surface area contributed by atoms with Gasteiger partial charge < -0.3 is 20.3 Å². The van der Waals surface area contributed by atoms with Crippen LogP contribution in [0, 0.1) is 23.1 Å². The monoisotopic (exact) mass is 588 g/mol. The molecule has 2 aliphatic heterocycles. The zero-order valence-corrected chi connectivity index (χ0v) is 23.1. The lowest BCUT2D eigenvalue weighted by Crippen LogP contribution is -2.40. The van der Waals surface area contributed by atoms with E-state index in [-0.39, 0.29) is 41.6 Å². The molecule has 1 atom stereocenters. The standard InChI is InChI=1S/C28H31F3N6O3S/c29-23-14-20(3-4-21(23)17-32)25-16-27(34-18-19-2-1-8-33-9-7-19)35-37(25)24-6-5-22(15-26(24)40-28(30)31)36-10-12-41(38,39)13-11-36/h3-6,14-16,19,28,33H,1-2,7-13,18H2,(H,34,35)/t19-/m1/s1. The highest BCUT2D eigenvalue weighted by Gasteiger charge is 2.25. The third kappa shape index (κ3) is 6.94. The van der Waals surface area contributed by atoms with Crippen molar-refractivity contribution in [3.05, 3.63) is 53.8 Å². The van der Waals surface area contributed by atoms with E-state index in [1.807, 2.05) is 0 Å². The van der Waals surface area contributed by atoms with Gasteiger partial charge in [0.15, 0.2) is 15.6 Å². The lowest BCUT2D eigenvalue weighted by atomic mass is 10.0. The first kappa shape index (κ1) is 28.8.